The van der Waals surface area contributed by atoms with Crippen molar-refractivity contribution in [1.29, 1.82) is 0 Å². The van der Waals surface area contributed by atoms with Gasteiger partial charge in [0.1, 0.15) is 5.75 Å². The number of hydrogen-bond donors (Lipinski definition) is 3. The maximum atomic E-state index is 11.6. The molecule has 108 valence electrons. The number of aromatic hydroxyl groups is 1. The van der Waals surface area contributed by atoms with Gasteiger partial charge < -0.3 is 15.7 Å². The fourth-order valence-corrected chi connectivity index (χ4v) is 1.82. The largest absolute Gasteiger partial charge is 0.508 e. The van der Waals surface area contributed by atoms with Crippen LogP contribution in [-0.2, 0) is 16.0 Å². The van der Waals surface area contributed by atoms with E-state index in [-0.39, 0.29) is 5.75 Å². The van der Waals surface area contributed by atoms with Crippen LogP contribution in [-0.4, -0.2) is 23.5 Å². The van der Waals surface area contributed by atoms with E-state index in [4.69, 9.17) is 0 Å². The van der Waals surface area contributed by atoms with E-state index in [2.05, 4.69) is 10.6 Å². The number of para-hydroxylation sites is 1. The van der Waals surface area contributed by atoms with Crippen molar-refractivity contribution in [3.8, 4) is 5.75 Å². The van der Waals surface area contributed by atoms with Crippen LogP contribution in [0.2, 0.25) is 0 Å². The molecule has 0 radical (unpaired) electrons. The van der Waals surface area contributed by atoms with Crippen molar-refractivity contribution in [3.63, 3.8) is 0 Å². The lowest BCUT2D eigenvalue weighted by Crippen LogP contribution is -2.36. The smallest absolute Gasteiger partial charge is 0.313 e. The summed E-state index contributed by atoms with van der Waals surface area (Å²) in [5.74, 6) is -1.20. The van der Waals surface area contributed by atoms with Crippen LogP contribution in [0.1, 0.15) is 5.56 Å². The molecule has 2 rings (SSSR count). The Morgan fingerprint density at radius 1 is 0.952 bits per heavy atom. The molecule has 0 aromatic heterocycles. The molecule has 5 nitrogen and oxygen atoms in total. The van der Waals surface area contributed by atoms with Gasteiger partial charge in [-0.2, -0.15) is 0 Å². The molecule has 0 aliphatic carbocycles. The summed E-state index contributed by atoms with van der Waals surface area (Å²) in [6.45, 7) is 0.324. The Bertz CT molecular complexity index is 626. The molecule has 2 amide bonds. The second-order valence-corrected chi connectivity index (χ2v) is 4.50. The average Bonchev–Trinajstić information content (AvgIpc) is 2.48. The van der Waals surface area contributed by atoms with Gasteiger partial charge in [-0.05, 0) is 36.2 Å². The highest BCUT2D eigenvalue weighted by molar-refractivity contribution is 6.39. The molecular formula is C16H16N2O3. The van der Waals surface area contributed by atoms with Crippen molar-refractivity contribution >= 4 is 17.5 Å². The van der Waals surface area contributed by atoms with Gasteiger partial charge in [-0.25, -0.2) is 0 Å². The first kappa shape index (κ1) is 14.6. The fraction of sp³-hybridized carbons (Fsp3) is 0.125. The molecule has 0 atom stereocenters. The minimum Gasteiger partial charge on any atom is -0.508 e. The normalized spacial score (nSPS) is 9.90. The summed E-state index contributed by atoms with van der Waals surface area (Å²) >= 11 is 0. The second kappa shape index (κ2) is 7.09. The Kier molecular flexibility index (Phi) is 4.93. The quantitative estimate of drug-likeness (QED) is 0.748. The van der Waals surface area contributed by atoms with Gasteiger partial charge in [-0.1, -0.05) is 30.3 Å². The molecule has 2 aromatic rings. The third-order valence-electron chi connectivity index (χ3n) is 2.85. The summed E-state index contributed by atoms with van der Waals surface area (Å²) in [6.07, 6.45) is 0.540. The first-order valence-electron chi connectivity index (χ1n) is 6.57. The highest BCUT2D eigenvalue weighted by Crippen LogP contribution is 2.10. The van der Waals surface area contributed by atoms with E-state index in [1.807, 2.05) is 12.1 Å². The van der Waals surface area contributed by atoms with E-state index in [0.717, 1.165) is 5.56 Å². The van der Waals surface area contributed by atoms with E-state index in [9.17, 15) is 14.7 Å². The second-order valence-electron chi connectivity index (χ2n) is 4.50. The van der Waals surface area contributed by atoms with Gasteiger partial charge >= 0.3 is 11.8 Å². The zero-order valence-electron chi connectivity index (χ0n) is 11.4. The lowest BCUT2D eigenvalue weighted by molar-refractivity contribution is -0.136. The minimum atomic E-state index is -0.697. The van der Waals surface area contributed by atoms with Crippen molar-refractivity contribution in [2.24, 2.45) is 0 Å². The summed E-state index contributed by atoms with van der Waals surface area (Å²) in [7, 11) is 0. The minimum absolute atomic E-state index is 0.181. The summed E-state index contributed by atoms with van der Waals surface area (Å²) in [5, 5.41) is 14.4. The van der Waals surface area contributed by atoms with E-state index >= 15 is 0 Å². The molecule has 0 bridgehead atoms. The number of phenolic OH excluding ortho intramolecular Hbond substituents is 1. The summed E-state index contributed by atoms with van der Waals surface area (Å²) in [4.78, 5) is 23.3. The van der Waals surface area contributed by atoms with Gasteiger partial charge in [0.15, 0.2) is 0 Å². The topological polar surface area (TPSA) is 78.4 Å². The number of amides is 2. The molecule has 0 spiro atoms. The van der Waals surface area contributed by atoms with Crippen LogP contribution in [0.25, 0.3) is 0 Å². The number of carbonyl (C=O) groups is 2. The Hall–Kier alpha value is -2.82. The van der Waals surface area contributed by atoms with Crippen LogP contribution in [0.15, 0.2) is 54.6 Å². The van der Waals surface area contributed by atoms with Crippen LogP contribution in [0.3, 0.4) is 0 Å². The summed E-state index contributed by atoms with van der Waals surface area (Å²) < 4.78 is 0. The molecule has 0 aliphatic heterocycles. The lowest BCUT2D eigenvalue weighted by Gasteiger charge is -2.06. The number of anilines is 1. The lowest BCUT2D eigenvalue weighted by atomic mass is 10.1. The van der Waals surface area contributed by atoms with Crippen molar-refractivity contribution < 1.29 is 14.7 Å². The third-order valence-corrected chi connectivity index (χ3v) is 2.85. The predicted octanol–water partition coefficient (Wildman–Crippen LogP) is 1.69. The molecule has 3 N–H and O–H groups in total. The number of carbonyl (C=O) groups excluding carboxylic acids is 2. The van der Waals surface area contributed by atoms with Gasteiger partial charge in [0.05, 0.1) is 0 Å². The monoisotopic (exact) mass is 284 g/mol. The Balaban J connectivity index is 1.78. The molecule has 0 fully saturated rings. The Morgan fingerprint density at radius 2 is 1.71 bits per heavy atom. The van der Waals surface area contributed by atoms with Crippen LogP contribution >= 0.6 is 0 Å². The van der Waals surface area contributed by atoms with Crippen LogP contribution < -0.4 is 10.6 Å². The van der Waals surface area contributed by atoms with Crippen molar-refractivity contribution in [2.45, 2.75) is 6.42 Å². The van der Waals surface area contributed by atoms with Gasteiger partial charge in [0.25, 0.3) is 0 Å². The molecular weight excluding hydrogens is 268 g/mol. The summed E-state index contributed by atoms with van der Waals surface area (Å²) in [5.41, 5.74) is 1.46. The highest BCUT2D eigenvalue weighted by Gasteiger charge is 2.12. The van der Waals surface area contributed by atoms with Crippen molar-refractivity contribution in [1.82, 2.24) is 5.32 Å². The van der Waals surface area contributed by atoms with Crippen LogP contribution in [0.5, 0.6) is 5.75 Å². The standard InChI is InChI=1S/C16H16N2O3/c19-14-8-4-5-12(11-14)9-10-17-15(20)16(21)18-13-6-2-1-3-7-13/h1-8,11,19H,9-10H2,(H,17,20)(H,18,21). The number of benzene rings is 2. The van der Waals surface area contributed by atoms with Gasteiger partial charge in [0.2, 0.25) is 0 Å². The van der Waals surface area contributed by atoms with Gasteiger partial charge in [-0.15, -0.1) is 0 Å². The average molecular weight is 284 g/mol. The molecule has 0 unspecified atom stereocenters. The maximum Gasteiger partial charge on any atom is 0.313 e. The first-order chi connectivity index (χ1) is 10.1. The molecule has 2 aromatic carbocycles. The van der Waals surface area contributed by atoms with Gasteiger partial charge in [0, 0.05) is 12.2 Å². The molecule has 0 saturated carbocycles. The third kappa shape index (κ3) is 4.65. The molecule has 5 heteroatoms. The highest BCUT2D eigenvalue weighted by atomic mass is 16.3. The fourth-order valence-electron chi connectivity index (χ4n) is 1.82. The zero-order chi connectivity index (χ0) is 15.1. The van der Waals surface area contributed by atoms with E-state index in [1.165, 1.54) is 0 Å². The van der Waals surface area contributed by atoms with Crippen molar-refractivity contribution in [3.05, 3.63) is 60.2 Å². The van der Waals surface area contributed by atoms with E-state index < -0.39 is 11.8 Å². The van der Waals surface area contributed by atoms with Gasteiger partial charge in [-0.3, -0.25) is 9.59 Å². The predicted molar refractivity (Wildman–Crippen MR) is 79.9 cm³/mol. The molecule has 0 saturated heterocycles. The summed E-state index contributed by atoms with van der Waals surface area (Å²) in [6, 6.07) is 15.6. The number of rotatable bonds is 4. The van der Waals surface area contributed by atoms with Crippen LogP contribution in [0, 0.1) is 0 Å². The van der Waals surface area contributed by atoms with Crippen LogP contribution in [0.4, 0.5) is 5.69 Å². The maximum absolute atomic E-state index is 11.6. The molecule has 21 heavy (non-hydrogen) atoms. The van der Waals surface area contributed by atoms with E-state index in [0.29, 0.717) is 18.7 Å². The Labute approximate surface area is 122 Å². The Morgan fingerprint density at radius 3 is 2.43 bits per heavy atom. The molecule has 0 heterocycles. The number of nitrogens with one attached hydrogen (secondary N) is 2. The number of phenols is 1. The molecule has 0 aliphatic rings. The number of hydrogen-bond acceptors (Lipinski definition) is 3. The zero-order valence-corrected chi connectivity index (χ0v) is 11.4. The van der Waals surface area contributed by atoms with E-state index in [1.54, 1.807) is 42.5 Å². The van der Waals surface area contributed by atoms with Crippen molar-refractivity contribution in [2.75, 3.05) is 11.9 Å². The SMILES string of the molecule is O=C(NCCc1cccc(O)c1)C(=O)Nc1ccccc1. The first-order valence-corrected chi connectivity index (χ1v) is 6.57.